The highest BCUT2D eigenvalue weighted by molar-refractivity contribution is 5.65. The third-order valence-corrected chi connectivity index (χ3v) is 3.38. The van der Waals surface area contributed by atoms with Gasteiger partial charge in [-0.25, -0.2) is 4.79 Å². The third kappa shape index (κ3) is 3.74. The summed E-state index contributed by atoms with van der Waals surface area (Å²) in [5.74, 6) is 0. The first kappa shape index (κ1) is 12.9. The van der Waals surface area contributed by atoms with Gasteiger partial charge < -0.3 is 15.3 Å². The van der Waals surface area contributed by atoms with Crippen LogP contribution in [0.3, 0.4) is 0 Å². The summed E-state index contributed by atoms with van der Waals surface area (Å²) in [6, 6.07) is 10.5. The zero-order chi connectivity index (χ0) is 12.8. The highest BCUT2D eigenvalue weighted by Gasteiger charge is 2.20. The van der Waals surface area contributed by atoms with Crippen molar-refractivity contribution in [2.75, 3.05) is 13.1 Å². The maximum atomic E-state index is 11.0. The van der Waals surface area contributed by atoms with Crippen LogP contribution in [0.2, 0.25) is 0 Å². The Morgan fingerprint density at radius 2 is 2.11 bits per heavy atom. The van der Waals surface area contributed by atoms with E-state index < -0.39 is 6.09 Å². The van der Waals surface area contributed by atoms with Gasteiger partial charge in [-0.15, -0.1) is 0 Å². The van der Waals surface area contributed by atoms with E-state index in [1.165, 1.54) is 10.5 Å². The molecule has 1 saturated heterocycles. The molecule has 1 heterocycles. The lowest BCUT2D eigenvalue weighted by atomic mass is 10.1. The number of hydrogen-bond donors (Lipinski definition) is 2. The number of hydrogen-bond acceptors (Lipinski definition) is 2. The highest BCUT2D eigenvalue weighted by atomic mass is 16.4. The second-order valence-electron chi connectivity index (χ2n) is 4.79. The molecule has 0 bridgehead atoms. The SMILES string of the molecule is O=C(O)N1CCCC[C@H](NCc2ccccc2)C1. The first-order valence-electron chi connectivity index (χ1n) is 6.51. The zero-order valence-corrected chi connectivity index (χ0v) is 10.5. The number of benzene rings is 1. The van der Waals surface area contributed by atoms with E-state index in [0.717, 1.165) is 25.8 Å². The van der Waals surface area contributed by atoms with E-state index in [2.05, 4.69) is 17.4 Å². The van der Waals surface area contributed by atoms with Crippen LogP contribution >= 0.6 is 0 Å². The molecule has 1 fully saturated rings. The van der Waals surface area contributed by atoms with Crippen molar-refractivity contribution in [1.82, 2.24) is 10.2 Å². The van der Waals surface area contributed by atoms with Crippen molar-refractivity contribution >= 4 is 6.09 Å². The van der Waals surface area contributed by atoms with Crippen LogP contribution in [-0.2, 0) is 6.54 Å². The van der Waals surface area contributed by atoms with E-state index >= 15 is 0 Å². The largest absolute Gasteiger partial charge is 0.465 e. The Morgan fingerprint density at radius 1 is 1.33 bits per heavy atom. The van der Waals surface area contributed by atoms with Gasteiger partial charge in [0.1, 0.15) is 0 Å². The topological polar surface area (TPSA) is 52.6 Å². The molecule has 0 aliphatic carbocycles. The molecule has 0 spiro atoms. The van der Waals surface area contributed by atoms with Crippen molar-refractivity contribution in [3.8, 4) is 0 Å². The van der Waals surface area contributed by atoms with Crippen molar-refractivity contribution in [2.24, 2.45) is 0 Å². The number of nitrogens with zero attached hydrogens (tertiary/aromatic N) is 1. The van der Waals surface area contributed by atoms with Crippen molar-refractivity contribution < 1.29 is 9.90 Å². The Hall–Kier alpha value is -1.55. The molecular formula is C14H20N2O2. The standard InChI is InChI=1S/C14H20N2O2/c17-14(18)16-9-5-4-8-13(11-16)15-10-12-6-2-1-3-7-12/h1-3,6-7,13,15H,4-5,8-11H2,(H,17,18)/t13-/m0/s1. The van der Waals surface area contributed by atoms with Gasteiger partial charge in [-0.2, -0.15) is 0 Å². The molecule has 1 atom stereocenters. The first-order valence-corrected chi connectivity index (χ1v) is 6.51. The second-order valence-corrected chi connectivity index (χ2v) is 4.79. The predicted molar refractivity (Wildman–Crippen MR) is 70.5 cm³/mol. The molecule has 0 radical (unpaired) electrons. The van der Waals surface area contributed by atoms with Crippen molar-refractivity contribution in [3.05, 3.63) is 35.9 Å². The lowest BCUT2D eigenvalue weighted by Gasteiger charge is -2.22. The summed E-state index contributed by atoms with van der Waals surface area (Å²) in [5.41, 5.74) is 1.24. The molecule has 0 aromatic heterocycles. The van der Waals surface area contributed by atoms with Crippen LogP contribution in [0.25, 0.3) is 0 Å². The fourth-order valence-corrected chi connectivity index (χ4v) is 2.34. The van der Waals surface area contributed by atoms with Gasteiger partial charge in [0.25, 0.3) is 0 Å². The summed E-state index contributed by atoms with van der Waals surface area (Å²) in [6.07, 6.45) is 2.31. The number of carbonyl (C=O) groups is 1. The van der Waals surface area contributed by atoms with Crippen molar-refractivity contribution in [2.45, 2.75) is 31.8 Å². The monoisotopic (exact) mass is 248 g/mol. The molecule has 0 unspecified atom stereocenters. The van der Waals surface area contributed by atoms with Crippen LogP contribution in [0.5, 0.6) is 0 Å². The van der Waals surface area contributed by atoms with Crippen LogP contribution < -0.4 is 5.32 Å². The minimum Gasteiger partial charge on any atom is -0.465 e. The van der Waals surface area contributed by atoms with E-state index in [1.807, 2.05) is 18.2 Å². The number of likely N-dealkylation sites (tertiary alicyclic amines) is 1. The summed E-state index contributed by atoms with van der Waals surface area (Å²) in [5, 5.41) is 12.5. The molecule has 1 aromatic carbocycles. The molecule has 98 valence electrons. The van der Waals surface area contributed by atoms with Gasteiger partial charge in [0.2, 0.25) is 0 Å². The van der Waals surface area contributed by atoms with Gasteiger partial charge in [-0.1, -0.05) is 36.8 Å². The van der Waals surface area contributed by atoms with Crippen molar-refractivity contribution in [3.63, 3.8) is 0 Å². The molecule has 2 rings (SSSR count). The molecule has 1 amide bonds. The molecule has 0 saturated carbocycles. The van der Waals surface area contributed by atoms with Gasteiger partial charge in [-0.05, 0) is 18.4 Å². The van der Waals surface area contributed by atoms with Gasteiger partial charge >= 0.3 is 6.09 Å². The van der Waals surface area contributed by atoms with Crippen LogP contribution in [0.1, 0.15) is 24.8 Å². The average Bonchev–Trinajstić information content (AvgIpc) is 2.63. The third-order valence-electron chi connectivity index (χ3n) is 3.38. The minimum atomic E-state index is -0.802. The summed E-state index contributed by atoms with van der Waals surface area (Å²) in [6.45, 7) is 2.07. The van der Waals surface area contributed by atoms with Gasteiger partial charge in [0.15, 0.2) is 0 Å². The Balaban J connectivity index is 1.86. The number of carboxylic acid groups (broad SMARTS) is 1. The minimum absolute atomic E-state index is 0.267. The summed E-state index contributed by atoms with van der Waals surface area (Å²) >= 11 is 0. The summed E-state index contributed by atoms with van der Waals surface area (Å²) in [7, 11) is 0. The first-order chi connectivity index (χ1) is 8.75. The Morgan fingerprint density at radius 3 is 2.83 bits per heavy atom. The predicted octanol–water partition coefficient (Wildman–Crippen LogP) is 2.31. The normalized spacial score (nSPS) is 20.4. The molecule has 4 heteroatoms. The smallest absolute Gasteiger partial charge is 0.407 e. The fourth-order valence-electron chi connectivity index (χ4n) is 2.34. The molecule has 18 heavy (non-hydrogen) atoms. The van der Waals surface area contributed by atoms with E-state index in [9.17, 15) is 4.79 Å². The number of nitrogens with one attached hydrogen (secondary N) is 1. The molecular weight excluding hydrogens is 228 g/mol. The van der Waals surface area contributed by atoms with Crippen LogP contribution in [0.4, 0.5) is 4.79 Å². The van der Waals surface area contributed by atoms with Crippen LogP contribution in [0, 0.1) is 0 Å². The highest BCUT2D eigenvalue weighted by Crippen LogP contribution is 2.11. The fraction of sp³-hybridized carbons (Fsp3) is 0.500. The number of amides is 1. The van der Waals surface area contributed by atoms with Crippen LogP contribution in [0.15, 0.2) is 30.3 Å². The maximum Gasteiger partial charge on any atom is 0.407 e. The average molecular weight is 248 g/mol. The second kappa shape index (κ2) is 6.40. The summed E-state index contributed by atoms with van der Waals surface area (Å²) < 4.78 is 0. The lowest BCUT2D eigenvalue weighted by Crippen LogP contribution is -2.41. The maximum absolute atomic E-state index is 11.0. The molecule has 1 aliphatic rings. The molecule has 1 aromatic rings. The van der Waals surface area contributed by atoms with E-state index in [-0.39, 0.29) is 6.04 Å². The molecule has 1 aliphatic heterocycles. The van der Waals surface area contributed by atoms with E-state index in [0.29, 0.717) is 13.1 Å². The Kier molecular flexibility index (Phi) is 4.59. The number of rotatable bonds is 3. The van der Waals surface area contributed by atoms with E-state index in [4.69, 9.17) is 5.11 Å². The molecule has 2 N–H and O–H groups in total. The Bertz CT molecular complexity index is 381. The Labute approximate surface area is 108 Å². The van der Waals surface area contributed by atoms with Crippen molar-refractivity contribution in [1.29, 1.82) is 0 Å². The van der Waals surface area contributed by atoms with Gasteiger partial charge in [0, 0.05) is 25.7 Å². The van der Waals surface area contributed by atoms with Gasteiger partial charge in [0.05, 0.1) is 0 Å². The van der Waals surface area contributed by atoms with Crippen LogP contribution in [-0.4, -0.2) is 35.2 Å². The lowest BCUT2D eigenvalue weighted by molar-refractivity contribution is 0.143. The van der Waals surface area contributed by atoms with E-state index in [1.54, 1.807) is 0 Å². The van der Waals surface area contributed by atoms with Gasteiger partial charge in [-0.3, -0.25) is 0 Å². The quantitative estimate of drug-likeness (QED) is 0.863. The zero-order valence-electron chi connectivity index (χ0n) is 10.5. The molecule has 4 nitrogen and oxygen atoms in total. The summed E-state index contributed by atoms with van der Waals surface area (Å²) in [4.78, 5) is 12.5.